The second-order valence-electron chi connectivity index (χ2n) is 7.11. The molecule has 0 aromatic heterocycles. The van der Waals surface area contributed by atoms with Crippen molar-refractivity contribution < 1.29 is 23.9 Å². The normalized spacial score (nSPS) is 19.1. The summed E-state index contributed by atoms with van der Waals surface area (Å²) in [6, 6.07) is 3.01. The topological polar surface area (TPSA) is 77.0 Å². The second-order valence-corrected chi connectivity index (χ2v) is 7.11. The van der Waals surface area contributed by atoms with Gasteiger partial charge in [0, 0.05) is 12.1 Å². The summed E-state index contributed by atoms with van der Waals surface area (Å²) in [6.07, 6.45) is 2.54. The number of phenolic OH excluding ortho intramolecular Hbond substituents is 1. The zero-order chi connectivity index (χ0) is 18.8. The van der Waals surface area contributed by atoms with Gasteiger partial charge in [-0.25, -0.2) is 0 Å². The van der Waals surface area contributed by atoms with Gasteiger partial charge in [0.15, 0.2) is 17.8 Å². The summed E-state index contributed by atoms with van der Waals surface area (Å²) in [5.41, 5.74) is 0.905. The Kier molecular flexibility index (Phi) is 5.61. The van der Waals surface area contributed by atoms with Crippen LogP contribution in [0.3, 0.4) is 0 Å². The lowest BCUT2D eigenvalue weighted by molar-refractivity contribution is 0.00578. The molecule has 2 N–H and O–H groups in total. The standard InChI is InChI=1S/C18H26BNO5/c1-17(2)18(3,4)25-19(24-17)14(10-20-5)7-12-8-15(22)16(23-6)9-13(12)11-21/h7-9,11,20,22H,10H2,1-6H3. The molecule has 0 unspecified atom stereocenters. The largest absolute Gasteiger partial charge is 0.504 e. The molecule has 1 fully saturated rings. The van der Waals surface area contributed by atoms with Crippen molar-refractivity contribution in [3.63, 3.8) is 0 Å². The highest BCUT2D eigenvalue weighted by Gasteiger charge is 2.52. The van der Waals surface area contributed by atoms with Gasteiger partial charge in [-0.05, 0) is 57.9 Å². The molecule has 136 valence electrons. The van der Waals surface area contributed by atoms with Crippen molar-refractivity contribution in [3.05, 3.63) is 28.7 Å². The Bertz CT molecular complexity index is 668. The van der Waals surface area contributed by atoms with Gasteiger partial charge in [0.1, 0.15) is 0 Å². The number of likely N-dealkylation sites (N-methyl/N-ethyl adjacent to an activating group) is 1. The van der Waals surface area contributed by atoms with Gasteiger partial charge in [-0.1, -0.05) is 6.08 Å². The van der Waals surface area contributed by atoms with Crippen molar-refractivity contribution in [1.29, 1.82) is 0 Å². The minimum Gasteiger partial charge on any atom is -0.504 e. The van der Waals surface area contributed by atoms with Crippen LogP contribution in [0, 0.1) is 0 Å². The fourth-order valence-electron chi connectivity index (χ4n) is 2.59. The molecule has 1 aromatic rings. The molecule has 0 saturated carbocycles. The van der Waals surface area contributed by atoms with Crippen molar-refractivity contribution in [3.8, 4) is 11.5 Å². The molecule has 0 amide bonds. The molecule has 2 rings (SSSR count). The lowest BCUT2D eigenvalue weighted by Crippen LogP contribution is -2.41. The number of phenols is 1. The third-order valence-electron chi connectivity index (χ3n) is 4.79. The van der Waals surface area contributed by atoms with Crippen LogP contribution in [-0.4, -0.2) is 50.4 Å². The van der Waals surface area contributed by atoms with Crippen molar-refractivity contribution >= 4 is 19.5 Å². The summed E-state index contributed by atoms with van der Waals surface area (Å²) in [6.45, 7) is 8.46. The van der Waals surface area contributed by atoms with Crippen LogP contribution < -0.4 is 10.1 Å². The molecule has 1 aliphatic rings. The predicted molar refractivity (Wildman–Crippen MR) is 98.0 cm³/mol. The minimum absolute atomic E-state index is 0.0305. The Hall–Kier alpha value is -1.83. The SMILES string of the molecule is CNCC(=Cc1cc(O)c(OC)cc1C=O)B1OC(C)(C)C(C)(C)O1. The molecule has 1 aliphatic heterocycles. The van der Waals surface area contributed by atoms with E-state index in [0.717, 1.165) is 11.8 Å². The van der Waals surface area contributed by atoms with E-state index < -0.39 is 18.3 Å². The smallest absolute Gasteiger partial charge is 0.491 e. The summed E-state index contributed by atoms with van der Waals surface area (Å²) in [5, 5.41) is 13.1. The highest BCUT2D eigenvalue weighted by Crippen LogP contribution is 2.39. The van der Waals surface area contributed by atoms with Crippen LogP contribution >= 0.6 is 0 Å². The molecule has 0 bridgehead atoms. The molecular weight excluding hydrogens is 321 g/mol. The zero-order valence-corrected chi connectivity index (χ0v) is 15.7. The molecule has 7 heteroatoms. The van der Waals surface area contributed by atoms with Gasteiger partial charge in [0.25, 0.3) is 0 Å². The van der Waals surface area contributed by atoms with Gasteiger partial charge in [-0.3, -0.25) is 4.79 Å². The van der Waals surface area contributed by atoms with Crippen LogP contribution in [-0.2, 0) is 9.31 Å². The average Bonchev–Trinajstić information content (AvgIpc) is 2.75. The van der Waals surface area contributed by atoms with E-state index in [4.69, 9.17) is 14.0 Å². The fourth-order valence-corrected chi connectivity index (χ4v) is 2.59. The highest BCUT2D eigenvalue weighted by atomic mass is 16.7. The number of hydrogen-bond acceptors (Lipinski definition) is 6. The highest BCUT2D eigenvalue weighted by molar-refractivity contribution is 6.56. The van der Waals surface area contributed by atoms with Gasteiger partial charge in [0.05, 0.1) is 18.3 Å². The van der Waals surface area contributed by atoms with Crippen molar-refractivity contribution in [2.45, 2.75) is 38.9 Å². The molecule has 1 aromatic carbocycles. The van der Waals surface area contributed by atoms with E-state index in [1.54, 1.807) is 0 Å². The number of aromatic hydroxyl groups is 1. The van der Waals surface area contributed by atoms with Crippen LogP contribution in [0.2, 0.25) is 0 Å². The van der Waals surface area contributed by atoms with Crippen molar-refractivity contribution in [1.82, 2.24) is 5.32 Å². The summed E-state index contributed by atoms with van der Waals surface area (Å²) in [4.78, 5) is 11.4. The summed E-state index contributed by atoms with van der Waals surface area (Å²) < 4.78 is 17.2. The van der Waals surface area contributed by atoms with Gasteiger partial charge < -0.3 is 24.5 Å². The van der Waals surface area contributed by atoms with Crippen LogP contribution in [0.1, 0.15) is 43.6 Å². The van der Waals surface area contributed by atoms with E-state index in [2.05, 4.69) is 5.32 Å². The first-order chi connectivity index (χ1) is 11.6. The Morgan fingerprint density at radius 3 is 2.32 bits per heavy atom. The summed E-state index contributed by atoms with van der Waals surface area (Å²) >= 11 is 0. The number of ether oxygens (including phenoxy) is 1. The molecule has 0 atom stereocenters. The number of methoxy groups -OCH3 is 1. The van der Waals surface area contributed by atoms with E-state index in [1.807, 2.05) is 40.8 Å². The number of aldehydes is 1. The maximum Gasteiger partial charge on any atom is 0.491 e. The van der Waals surface area contributed by atoms with Gasteiger partial charge in [0.2, 0.25) is 0 Å². The van der Waals surface area contributed by atoms with Gasteiger partial charge in [-0.2, -0.15) is 0 Å². The second kappa shape index (κ2) is 7.19. The minimum atomic E-state index is -0.541. The predicted octanol–water partition coefficient (Wildman–Crippen LogP) is 2.45. The molecule has 0 aliphatic carbocycles. The summed E-state index contributed by atoms with van der Waals surface area (Å²) in [7, 11) is 2.72. The number of rotatable bonds is 6. The van der Waals surface area contributed by atoms with E-state index in [0.29, 0.717) is 17.7 Å². The maximum atomic E-state index is 11.4. The lowest BCUT2D eigenvalue weighted by Gasteiger charge is -2.32. The average molecular weight is 347 g/mol. The van der Waals surface area contributed by atoms with Gasteiger partial charge >= 0.3 is 7.12 Å². The molecule has 0 spiro atoms. The van der Waals surface area contributed by atoms with E-state index in [-0.39, 0.29) is 11.5 Å². The lowest BCUT2D eigenvalue weighted by atomic mass is 9.76. The first-order valence-corrected chi connectivity index (χ1v) is 8.22. The fraction of sp³-hybridized carbons (Fsp3) is 0.500. The third kappa shape index (κ3) is 3.89. The van der Waals surface area contributed by atoms with Crippen molar-refractivity contribution in [2.75, 3.05) is 20.7 Å². The summed E-state index contributed by atoms with van der Waals surface area (Å²) in [5.74, 6) is 0.224. The van der Waals surface area contributed by atoms with Crippen LogP contribution in [0.15, 0.2) is 17.6 Å². The molecule has 25 heavy (non-hydrogen) atoms. The number of carbonyl (C=O) groups is 1. The molecule has 1 saturated heterocycles. The molecule has 0 radical (unpaired) electrons. The monoisotopic (exact) mass is 347 g/mol. The molecule has 6 nitrogen and oxygen atoms in total. The zero-order valence-electron chi connectivity index (χ0n) is 15.7. The van der Waals surface area contributed by atoms with E-state index in [1.165, 1.54) is 19.2 Å². The quantitative estimate of drug-likeness (QED) is 0.608. The van der Waals surface area contributed by atoms with Crippen LogP contribution in [0.25, 0.3) is 6.08 Å². The Labute approximate surface area is 149 Å². The first kappa shape index (κ1) is 19.5. The first-order valence-electron chi connectivity index (χ1n) is 8.22. The van der Waals surface area contributed by atoms with Crippen molar-refractivity contribution in [2.24, 2.45) is 0 Å². The number of hydrogen-bond donors (Lipinski definition) is 2. The Balaban J connectivity index is 2.45. The number of carbonyl (C=O) groups excluding carboxylic acids is 1. The van der Waals surface area contributed by atoms with Crippen LogP contribution in [0.5, 0.6) is 11.5 Å². The molecule has 1 heterocycles. The maximum absolute atomic E-state index is 11.4. The Morgan fingerprint density at radius 1 is 1.24 bits per heavy atom. The number of nitrogens with one attached hydrogen (secondary N) is 1. The van der Waals surface area contributed by atoms with E-state index >= 15 is 0 Å². The third-order valence-corrected chi connectivity index (χ3v) is 4.79. The van der Waals surface area contributed by atoms with Crippen LogP contribution in [0.4, 0.5) is 0 Å². The number of benzene rings is 1. The molecular formula is C18H26BNO5. The van der Waals surface area contributed by atoms with Gasteiger partial charge in [-0.15, -0.1) is 0 Å². The Morgan fingerprint density at radius 2 is 1.84 bits per heavy atom. The van der Waals surface area contributed by atoms with E-state index in [9.17, 15) is 9.90 Å².